The summed E-state index contributed by atoms with van der Waals surface area (Å²) in [5.41, 5.74) is 7.42. The summed E-state index contributed by atoms with van der Waals surface area (Å²) < 4.78 is 5.46. The Kier molecular flexibility index (Phi) is 6.95. The van der Waals surface area contributed by atoms with Crippen molar-refractivity contribution in [1.29, 1.82) is 0 Å². The molecule has 0 spiro atoms. The smallest absolute Gasteiger partial charge is 0.276 e. The quantitative estimate of drug-likeness (QED) is 0.691. The molecule has 2 N–H and O–H groups in total. The van der Waals surface area contributed by atoms with Gasteiger partial charge < -0.3 is 9.64 Å². The van der Waals surface area contributed by atoms with Crippen molar-refractivity contribution in [3.8, 4) is 5.75 Å². The molecule has 3 amide bonds. The first-order valence-corrected chi connectivity index (χ1v) is 10.0. The van der Waals surface area contributed by atoms with E-state index in [0.717, 1.165) is 16.7 Å². The molecule has 2 aromatic carbocycles. The molecule has 1 aliphatic rings. The van der Waals surface area contributed by atoms with E-state index in [1.54, 1.807) is 17.0 Å². The number of halogens is 1. The standard InChI is InChI=1S/C22H24ClN3O4/c1-14-8-18(9-15(2)21(14)23)30-13-19(27)24-25-22(29)17-10-20(28)26(12-17)11-16-6-4-3-5-7-16/h3-9,17H,10-13H2,1-2H3,(H,24,27)(H,25,29). The van der Waals surface area contributed by atoms with Crippen molar-refractivity contribution in [3.63, 3.8) is 0 Å². The van der Waals surface area contributed by atoms with Crippen molar-refractivity contribution in [2.24, 2.45) is 5.92 Å². The van der Waals surface area contributed by atoms with Crippen LogP contribution in [0.25, 0.3) is 0 Å². The van der Waals surface area contributed by atoms with Crippen LogP contribution in [0.5, 0.6) is 5.75 Å². The van der Waals surface area contributed by atoms with Gasteiger partial charge in [0, 0.05) is 24.5 Å². The van der Waals surface area contributed by atoms with Gasteiger partial charge in [0.15, 0.2) is 6.61 Å². The van der Waals surface area contributed by atoms with Gasteiger partial charge in [-0.15, -0.1) is 0 Å². The molecule has 1 aliphatic heterocycles. The van der Waals surface area contributed by atoms with Gasteiger partial charge in [-0.25, -0.2) is 0 Å². The van der Waals surface area contributed by atoms with E-state index in [0.29, 0.717) is 23.9 Å². The number of carbonyl (C=O) groups excluding carboxylic acids is 3. The fourth-order valence-corrected chi connectivity index (χ4v) is 3.42. The molecule has 3 rings (SSSR count). The average molecular weight is 430 g/mol. The molecule has 0 bridgehead atoms. The number of ether oxygens (including phenoxy) is 1. The van der Waals surface area contributed by atoms with Gasteiger partial charge in [0.2, 0.25) is 11.8 Å². The highest BCUT2D eigenvalue weighted by Gasteiger charge is 2.34. The van der Waals surface area contributed by atoms with Crippen molar-refractivity contribution < 1.29 is 19.1 Å². The summed E-state index contributed by atoms with van der Waals surface area (Å²) in [7, 11) is 0. The van der Waals surface area contributed by atoms with Crippen LogP contribution in [-0.4, -0.2) is 35.8 Å². The van der Waals surface area contributed by atoms with Crippen molar-refractivity contribution in [1.82, 2.24) is 15.8 Å². The third-order valence-electron chi connectivity index (χ3n) is 4.91. The molecule has 1 atom stereocenters. The highest BCUT2D eigenvalue weighted by molar-refractivity contribution is 6.32. The molecule has 1 saturated heterocycles. The average Bonchev–Trinajstić information content (AvgIpc) is 3.09. The number of benzene rings is 2. The summed E-state index contributed by atoms with van der Waals surface area (Å²) in [6.07, 6.45) is 0.119. The second-order valence-electron chi connectivity index (χ2n) is 7.36. The normalized spacial score (nSPS) is 15.8. The first-order chi connectivity index (χ1) is 14.3. The highest BCUT2D eigenvalue weighted by Crippen LogP contribution is 2.25. The number of rotatable bonds is 6. The largest absolute Gasteiger partial charge is 0.484 e. The number of amides is 3. The topological polar surface area (TPSA) is 87.7 Å². The Balaban J connectivity index is 1.44. The van der Waals surface area contributed by atoms with Crippen LogP contribution >= 0.6 is 11.6 Å². The molecule has 0 aromatic heterocycles. The van der Waals surface area contributed by atoms with Crippen LogP contribution in [0.15, 0.2) is 42.5 Å². The molecule has 8 heteroatoms. The predicted octanol–water partition coefficient (Wildman–Crippen LogP) is 2.53. The second-order valence-corrected chi connectivity index (χ2v) is 7.74. The minimum atomic E-state index is -0.510. The highest BCUT2D eigenvalue weighted by atomic mass is 35.5. The van der Waals surface area contributed by atoms with E-state index in [4.69, 9.17) is 16.3 Å². The number of hydrazine groups is 1. The first-order valence-electron chi connectivity index (χ1n) is 9.63. The summed E-state index contributed by atoms with van der Waals surface area (Å²) >= 11 is 6.12. The van der Waals surface area contributed by atoms with Gasteiger partial charge in [-0.1, -0.05) is 41.9 Å². The van der Waals surface area contributed by atoms with Gasteiger partial charge in [-0.2, -0.15) is 0 Å². The van der Waals surface area contributed by atoms with Gasteiger partial charge in [0.25, 0.3) is 5.91 Å². The van der Waals surface area contributed by atoms with Crippen LogP contribution in [0.1, 0.15) is 23.1 Å². The molecule has 0 radical (unpaired) electrons. The van der Waals surface area contributed by atoms with E-state index in [-0.39, 0.29) is 18.9 Å². The van der Waals surface area contributed by atoms with E-state index >= 15 is 0 Å². The van der Waals surface area contributed by atoms with Crippen LogP contribution < -0.4 is 15.6 Å². The molecule has 0 aliphatic carbocycles. The third-order valence-corrected chi connectivity index (χ3v) is 5.50. The van der Waals surface area contributed by atoms with E-state index in [1.165, 1.54) is 0 Å². The maximum absolute atomic E-state index is 12.3. The zero-order valence-corrected chi connectivity index (χ0v) is 17.7. The Morgan fingerprint density at radius 2 is 1.80 bits per heavy atom. The summed E-state index contributed by atoms with van der Waals surface area (Å²) in [5, 5.41) is 0.659. The summed E-state index contributed by atoms with van der Waals surface area (Å²) in [5.74, 6) is -0.968. The number of aryl methyl sites for hydroxylation is 2. The van der Waals surface area contributed by atoms with Crippen LogP contribution in [0.2, 0.25) is 5.02 Å². The Labute approximate surface area is 180 Å². The van der Waals surface area contributed by atoms with Crippen LogP contribution in [0.4, 0.5) is 0 Å². The molecular formula is C22H24ClN3O4. The Morgan fingerprint density at radius 3 is 2.47 bits per heavy atom. The Hall–Kier alpha value is -3.06. The van der Waals surface area contributed by atoms with Crippen molar-refractivity contribution in [2.45, 2.75) is 26.8 Å². The fourth-order valence-electron chi connectivity index (χ4n) is 3.31. The summed E-state index contributed by atoms with van der Waals surface area (Å²) in [6, 6.07) is 13.1. The first kappa shape index (κ1) is 21.6. The Morgan fingerprint density at radius 1 is 1.13 bits per heavy atom. The lowest BCUT2D eigenvalue weighted by Gasteiger charge is -2.17. The van der Waals surface area contributed by atoms with Crippen LogP contribution in [0, 0.1) is 19.8 Å². The molecule has 158 valence electrons. The maximum Gasteiger partial charge on any atom is 0.276 e. The lowest BCUT2D eigenvalue weighted by atomic mass is 10.1. The molecule has 7 nitrogen and oxygen atoms in total. The number of nitrogens with zero attached hydrogens (tertiary/aromatic N) is 1. The fraction of sp³-hybridized carbons (Fsp3) is 0.318. The predicted molar refractivity (Wildman–Crippen MR) is 113 cm³/mol. The SMILES string of the molecule is Cc1cc(OCC(=O)NNC(=O)C2CC(=O)N(Cc3ccccc3)C2)cc(C)c1Cl. The zero-order valence-electron chi connectivity index (χ0n) is 16.9. The molecule has 1 heterocycles. The second kappa shape index (κ2) is 9.63. The Bertz CT molecular complexity index is 926. The number of carbonyl (C=O) groups is 3. The van der Waals surface area contributed by atoms with E-state index in [9.17, 15) is 14.4 Å². The van der Waals surface area contributed by atoms with E-state index in [1.807, 2.05) is 44.2 Å². The van der Waals surface area contributed by atoms with Crippen molar-refractivity contribution >= 4 is 29.3 Å². The molecular weight excluding hydrogens is 406 g/mol. The molecule has 0 saturated carbocycles. The van der Waals surface area contributed by atoms with Gasteiger partial charge in [0.05, 0.1) is 5.92 Å². The van der Waals surface area contributed by atoms with E-state index in [2.05, 4.69) is 10.9 Å². The third kappa shape index (κ3) is 5.51. The minimum Gasteiger partial charge on any atom is -0.484 e. The zero-order chi connectivity index (χ0) is 21.7. The maximum atomic E-state index is 12.3. The van der Waals surface area contributed by atoms with Gasteiger partial charge in [-0.3, -0.25) is 25.2 Å². The van der Waals surface area contributed by atoms with Crippen LogP contribution in [0.3, 0.4) is 0 Å². The molecule has 30 heavy (non-hydrogen) atoms. The lowest BCUT2D eigenvalue weighted by Crippen LogP contribution is -2.46. The number of likely N-dealkylation sites (tertiary alicyclic amines) is 1. The molecule has 1 fully saturated rings. The minimum absolute atomic E-state index is 0.0814. The van der Waals surface area contributed by atoms with Gasteiger partial charge in [0.1, 0.15) is 5.75 Å². The summed E-state index contributed by atoms with van der Waals surface area (Å²) in [4.78, 5) is 38.2. The van der Waals surface area contributed by atoms with Gasteiger partial charge >= 0.3 is 0 Å². The van der Waals surface area contributed by atoms with Crippen LogP contribution in [-0.2, 0) is 20.9 Å². The summed E-state index contributed by atoms with van der Waals surface area (Å²) in [6.45, 7) is 4.22. The lowest BCUT2D eigenvalue weighted by molar-refractivity contribution is -0.132. The van der Waals surface area contributed by atoms with Gasteiger partial charge in [-0.05, 0) is 42.7 Å². The number of nitrogens with one attached hydrogen (secondary N) is 2. The van der Waals surface area contributed by atoms with Crippen molar-refractivity contribution in [3.05, 3.63) is 64.2 Å². The number of hydrogen-bond acceptors (Lipinski definition) is 4. The molecule has 2 aromatic rings. The number of hydrogen-bond donors (Lipinski definition) is 2. The molecule has 1 unspecified atom stereocenters. The monoisotopic (exact) mass is 429 g/mol. The van der Waals surface area contributed by atoms with Crippen molar-refractivity contribution in [2.75, 3.05) is 13.2 Å². The van der Waals surface area contributed by atoms with E-state index < -0.39 is 17.7 Å².